The predicted molar refractivity (Wildman–Crippen MR) is 194 cm³/mol. The van der Waals surface area contributed by atoms with E-state index in [1.54, 1.807) is 75.4 Å². The number of likely N-dealkylation sites (tertiary alicyclic amines) is 1. The Balaban J connectivity index is 1.37. The summed E-state index contributed by atoms with van der Waals surface area (Å²) in [6, 6.07) is 17.5. The number of phenolic OH excluding ortho intramolecular Hbond substituents is 1. The van der Waals surface area contributed by atoms with Crippen molar-refractivity contribution in [2.24, 2.45) is 23.7 Å². The lowest BCUT2D eigenvalue weighted by Crippen LogP contribution is -2.53. The van der Waals surface area contributed by atoms with Gasteiger partial charge in [0, 0.05) is 28.1 Å². The third-order valence-corrected chi connectivity index (χ3v) is 12.0. The monoisotopic (exact) mass is 776 g/mol. The minimum atomic E-state index is -4.74. The van der Waals surface area contributed by atoms with E-state index in [9.17, 15) is 32.7 Å². The molecular weight excluding hydrogens is 744 g/mol. The first-order valence-electron chi connectivity index (χ1n) is 17.4. The number of alkyl halides is 3. The van der Waals surface area contributed by atoms with Crippen LogP contribution < -0.4 is 5.43 Å². The van der Waals surface area contributed by atoms with E-state index in [-0.39, 0.29) is 36.2 Å². The molecule has 4 amide bonds. The molecular formula is C40H33Cl2F3N4O5. The Kier molecular flexibility index (Phi) is 8.21. The summed E-state index contributed by atoms with van der Waals surface area (Å²) in [4.78, 5) is 63.7. The van der Waals surface area contributed by atoms with Gasteiger partial charge < -0.3 is 5.11 Å². The fraction of sp³-hybridized carbons (Fsp3) is 0.325. The van der Waals surface area contributed by atoms with Crippen LogP contribution in [0.4, 0.5) is 19.0 Å². The Labute approximate surface area is 317 Å². The van der Waals surface area contributed by atoms with Crippen molar-refractivity contribution in [1.29, 1.82) is 0 Å². The maximum atomic E-state index is 15.4. The van der Waals surface area contributed by atoms with Crippen LogP contribution in [0.1, 0.15) is 56.2 Å². The minimum absolute atomic E-state index is 0.00390. The summed E-state index contributed by atoms with van der Waals surface area (Å²) in [6.45, 7) is 5.36. The Morgan fingerprint density at radius 2 is 1.57 bits per heavy atom. The molecule has 3 heterocycles. The van der Waals surface area contributed by atoms with Crippen molar-refractivity contribution >= 4 is 63.4 Å². The molecule has 0 spiro atoms. The first kappa shape index (κ1) is 36.1. The van der Waals surface area contributed by atoms with Gasteiger partial charge in [0.2, 0.25) is 11.8 Å². The highest BCUT2D eigenvalue weighted by Crippen LogP contribution is 2.65. The number of nitrogens with zero attached hydrogens (tertiary/aromatic N) is 3. The number of carbonyl (C=O) groups excluding carboxylic acids is 4. The van der Waals surface area contributed by atoms with Gasteiger partial charge in [0.1, 0.15) is 5.75 Å². The van der Waals surface area contributed by atoms with E-state index in [0.717, 1.165) is 5.01 Å². The summed E-state index contributed by atoms with van der Waals surface area (Å²) >= 11 is 12.6. The second-order valence-electron chi connectivity index (χ2n) is 15.3. The second kappa shape index (κ2) is 12.3. The number of hydrazine groups is 1. The lowest BCUT2D eigenvalue weighted by atomic mass is 9.49. The van der Waals surface area contributed by atoms with Crippen LogP contribution in [-0.2, 0) is 30.8 Å². The summed E-state index contributed by atoms with van der Waals surface area (Å²) in [7, 11) is 0. The van der Waals surface area contributed by atoms with Crippen molar-refractivity contribution in [1.82, 2.24) is 14.9 Å². The highest BCUT2D eigenvalue weighted by molar-refractivity contribution is 6.33. The summed E-state index contributed by atoms with van der Waals surface area (Å²) in [5.74, 6) is -6.69. The Hall–Kier alpha value is -4.94. The van der Waals surface area contributed by atoms with Crippen LogP contribution in [0.15, 0.2) is 84.6 Å². The summed E-state index contributed by atoms with van der Waals surface area (Å²) < 4.78 is 40.5. The Morgan fingerprint density at radius 3 is 2.22 bits per heavy atom. The largest absolute Gasteiger partial charge is 0.507 e. The Morgan fingerprint density at radius 1 is 0.889 bits per heavy atom. The molecule has 2 aliphatic heterocycles. The van der Waals surface area contributed by atoms with Gasteiger partial charge in [-0.05, 0) is 80.3 Å². The van der Waals surface area contributed by atoms with E-state index in [1.165, 1.54) is 11.0 Å². The summed E-state index contributed by atoms with van der Waals surface area (Å²) in [6.07, 6.45) is -2.06. The van der Waals surface area contributed by atoms with E-state index in [1.807, 2.05) is 6.08 Å². The number of imide groups is 2. The standard InChI is InChI=1S/C40H33Cl2F3N4O5/c1-38(2,3)48-34(51)26-13-12-25-27(31(26)36(48)53)17-28-35(52)49(47-33-29(42)16-20(18-46-33)40(43,44)45)37(54)39(28,19-8-10-21(41)11-9-19)32(25)24-14-15-30(50)23-7-5-4-6-22(23)24/h4-12,14-16,18,26-28,31-32,50H,13,17H2,1-3H3,(H,46,47)/t26-,27+,28-,31-,32-,39+/m0/s1. The van der Waals surface area contributed by atoms with E-state index >= 15 is 4.79 Å². The van der Waals surface area contributed by atoms with E-state index in [0.29, 0.717) is 44.8 Å². The number of aromatic nitrogens is 1. The second-order valence-corrected chi connectivity index (χ2v) is 16.2. The van der Waals surface area contributed by atoms with Gasteiger partial charge in [0.15, 0.2) is 5.82 Å². The first-order valence-corrected chi connectivity index (χ1v) is 18.1. The number of halogens is 5. The van der Waals surface area contributed by atoms with Gasteiger partial charge in [-0.15, -0.1) is 0 Å². The third kappa shape index (κ3) is 5.16. The molecule has 4 aromatic rings. The van der Waals surface area contributed by atoms with Crippen LogP contribution in [0.3, 0.4) is 0 Å². The van der Waals surface area contributed by atoms with Crippen molar-refractivity contribution in [3.8, 4) is 5.75 Å². The van der Waals surface area contributed by atoms with Gasteiger partial charge in [-0.1, -0.05) is 77.3 Å². The number of pyridine rings is 1. The number of aromatic hydroxyl groups is 1. The molecule has 2 N–H and O–H groups in total. The SMILES string of the molecule is CC(C)(C)N1C(=O)[C@H]2[C@H](CC=C3[C@H]2C[C@H]2C(=O)N(Nc4ncc(C(F)(F)F)cc4Cl)C(=O)[C@@]2(c2ccc(Cl)cc2)[C@H]3c2ccc(O)c3ccccc23)C1=O. The number of rotatable bonds is 4. The average Bonchev–Trinajstić information content (AvgIpc) is 3.50. The van der Waals surface area contributed by atoms with Crippen LogP contribution in [-0.4, -0.2) is 49.2 Å². The average molecular weight is 778 g/mol. The third-order valence-electron chi connectivity index (χ3n) is 11.5. The van der Waals surface area contributed by atoms with Crippen molar-refractivity contribution in [3.63, 3.8) is 0 Å². The maximum absolute atomic E-state index is 15.4. The zero-order valence-electron chi connectivity index (χ0n) is 29.1. The molecule has 4 aliphatic rings. The maximum Gasteiger partial charge on any atom is 0.417 e. The smallest absolute Gasteiger partial charge is 0.417 e. The quantitative estimate of drug-likeness (QED) is 0.159. The number of hydrogen-bond acceptors (Lipinski definition) is 7. The molecule has 14 heteroatoms. The van der Waals surface area contributed by atoms with Crippen LogP contribution in [0.5, 0.6) is 5.75 Å². The molecule has 278 valence electrons. The van der Waals surface area contributed by atoms with Crippen molar-refractivity contribution in [2.75, 3.05) is 5.43 Å². The van der Waals surface area contributed by atoms with E-state index in [2.05, 4.69) is 10.4 Å². The van der Waals surface area contributed by atoms with Crippen LogP contribution in [0.2, 0.25) is 10.0 Å². The van der Waals surface area contributed by atoms with Crippen LogP contribution >= 0.6 is 23.2 Å². The van der Waals surface area contributed by atoms with Crippen molar-refractivity contribution < 1.29 is 37.5 Å². The first-order chi connectivity index (χ1) is 25.5. The zero-order valence-corrected chi connectivity index (χ0v) is 30.6. The molecule has 54 heavy (non-hydrogen) atoms. The Bertz CT molecular complexity index is 2330. The molecule has 3 aromatic carbocycles. The topological polar surface area (TPSA) is 120 Å². The fourth-order valence-electron chi connectivity index (χ4n) is 9.35. The molecule has 0 bridgehead atoms. The molecule has 1 saturated carbocycles. The van der Waals surface area contributed by atoms with Crippen molar-refractivity contribution in [3.05, 3.63) is 111 Å². The number of hydrogen-bond donors (Lipinski definition) is 2. The summed E-state index contributed by atoms with van der Waals surface area (Å²) in [5, 5.41) is 12.7. The zero-order chi connectivity index (χ0) is 38.6. The molecule has 8 rings (SSSR count). The van der Waals surface area contributed by atoms with Gasteiger partial charge in [0.05, 0.1) is 33.8 Å². The normalized spacial score (nSPS) is 26.9. The van der Waals surface area contributed by atoms with Gasteiger partial charge in [-0.3, -0.25) is 29.5 Å². The number of carbonyl (C=O) groups is 4. The van der Waals surface area contributed by atoms with Gasteiger partial charge >= 0.3 is 6.18 Å². The number of anilines is 1. The summed E-state index contributed by atoms with van der Waals surface area (Å²) in [5.41, 5.74) is 0.729. The number of amides is 4. The number of allylic oxidation sites excluding steroid dienone is 2. The number of fused-ring (bicyclic) bond motifs is 5. The molecule has 2 aliphatic carbocycles. The highest BCUT2D eigenvalue weighted by atomic mass is 35.5. The van der Waals surface area contributed by atoms with Gasteiger partial charge in [0.25, 0.3) is 11.8 Å². The predicted octanol–water partition coefficient (Wildman–Crippen LogP) is 8.05. The van der Waals surface area contributed by atoms with E-state index < -0.39 is 69.1 Å². The lowest BCUT2D eigenvalue weighted by molar-refractivity contribution is -0.146. The number of benzene rings is 3. The molecule has 9 nitrogen and oxygen atoms in total. The minimum Gasteiger partial charge on any atom is -0.507 e. The van der Waals surface area contributed by atoms with Crippen LogP contribution in [0, 0.1) is 23.7 Å². The fourth-order valence-corrected chi connectivity index (χ4v) is 9.68. The molecule has 6 atom stereocenters. The van der Waals surface area contributed by atoms with Gasteiger partial charge in [-0.25, -0.2) is 4.98 Å². The number of phenols is 1. The molecule has 2 saturated heterocycles. The van der Waals surface area contributed by atoms with Crippen LogP contribution in [0.25, 0.3) is 10.8 Å². The van der Waals surface area contributed by atoms with E-state index in [4.69, 9.17) is 23.2 Å². The van der Waals surface area contributed by atoms with Crippen molar-refractivity contribution in [2.45, 2.75) is 56.7 Å². The molecule has 0 unspecified atom stereocenters. The lowest BCUT2D eigenvalue weighted by Gasteiger charge is -2.51. The number of nitrogens with one attached hydrogen (secondary N) is 1. The molecule has 3 fully saturated rings. The molecule has 1 aromatic heterocycles. The highest BCUT2D eigenvalue weighted by Gasteiger charge is 2.71. The molecule has 0 radical (unpaired) electrons. The van der Waals surface area contributed by atoms with Gasteiger partial charge in [-0.2, -0.15) is 18.2 Å².